The summed E-state index contributed by atoms with van der Waals surface area (Å²) in [6, 6.07) is -0.438. The Balaban J connectivity index is 4.41. The summed E-state index contributed by atoms with van der Waals surface area (Å²) in [6.45, 7) is 5.57. The third-order valence-corrected chi connectivity index (χ3v) is 1.90. The number of carbonyl (C=O) groups excluding carboxylic acids is 1. The van der Waals surface area contributed by atoms with E-state index in [2.05, 4.69) is 10.1 Å². The van der Waals surface area contributed by atoms with Crippen LogP contribution in [0.1, 0.15) is 27.2 Å². The van der Waals surface area contributed by atoms with Crippen LogP contribution in [0.4, 0.5) is 4.79 Å². The minimum atomic E-state index is -0.943. The Morgan fingerprint density at radius 1 is 1.43 bits per heavy atom. The lowest BCUT2D eigenvalue weighted by Crippen LogP contribution is -2.44. The lowest BCUT2D eigenvalue weighted by Gasteiger charge is -2.29. The number of carboxylic acids is 1. The van der Waals surface area contributed by atoms with E-state index in [1.54, 1.807) is 0 Å². The summed E-state index contributed by atoms with van der Waals surface area (Å²) in [5, 5.41) is 11.1. The molecule has 5 heteroatoms. The number of amides is 1. The molecule has 1 unspecified atom stereocenters. The van der Waals surface area contributed by atoms with E-state index in [1.807, 2.05) is 20.8 Å². The van der Waals surface area contributed by atoms with E-state index < -0.39 is 18.1 Å². The van der Waals surface area contributed by atoms with Gasteiger partial charge in [0.05, 0.1) is 13.5 Å². The highest BCUT2D eigenvalue weighted by Crippen LogP contribution is 2.21. The highest BCUT2D eigenvalue weighted by molar-refractivity contribution is 5.71. The predicted molar refractivity (Wildman–Crippen MR) is 51.0 cm³/mol. The van der Waals surface area contributed by atoms with Crippen LogP contribution in [0, 0.1) is 5.41 Å². The minimum Gasteiger partial charge on any atom is -0.481 e. The minimum absolute atomic E-state index is 0.113. The molecule has 0 aromatic rings. The molecule has 82 valence electrons. The maximum absolute atomic E-state index is 10.9. The van der Waals surface area contributed by atoms with Crippen LogP contribution >= 0.6 is 0 Å². The van der Waals surface area contributed by atoms with E-state index in [1.165, 1.54) is 7.11 Å². The van der Waals surface area contributed by atoms with Gasteiger partial charge < -0.3 is 15.2 Å². The lowest BCUT2D eigenvalue weighted by atomic mass is 9.85. The van der Waals surface area contributed by atoms with Crippen LogP contribution in [0.25, 0.3) is 0 Å². The van der Waals surface area contributed by atoms with Gasteiger partial charge in [0.25, 0.3) is 0 Å². The van der Waals surface area contributed by atoms with Crippen molar-refractivity contribution in [2.45, 2.75) is 33.2 Å². The SMILES string of the molecule is COC(=O)NC(CC(=O)O)C(C)(C)C. The van der Waals surface area contributed by atoms with Crippen molar-refractivity contribution in [3.63, 3.8) is 0 Å². The van der Waals surface area contributed by atoms with Gasteiger partial charge in [-0.2, -0.15) is 0 Å². The van der Waals surface area contributed by atoms with E-state index in [4.69, 9.17) is 5.11 Å². The number of carbonyl (C=O) groups is 2. The Morgan fingerprint density at radius 2 is 1.93 bits per heavy atom. The first-order valence-electron chi connectivity index (χ1n) is 4.33. The van der Waals surface area contributed by atoms with Gasteiger partial charge in [0.1, 0.15) is 0 Å². The number of methoxy groups -OCH3 is 1. The molecule has 14 heavy (non-hydrogen) atoms. The number of rotatable bonds is 3. The van der Waals surface area contributed by atoms with Gasteiger partial charge in [0.2, 0.25) is 0 Å². The fourth-order valence-corrected chi connectivity index (χ4v) is 0.950. The molecule has 0 radical (unpaired) electrons. The predicted octanol–water partition coefficient (Wildman–Crippen LogP) is 1.23. The van der Waals surface area contributed by atoms with Crippen LogP contribution < -0.4 is 5.32 Å². The Labute approximate surface area is 83.4 Å². The van der Waals surface area contributed by atoms with Crippen LogP contribution in [0.15, 0.2) is 0 Å². The van der Waals surface area contributed by atoms with Crippen molar-refractivity contribution < 1.29 is 19.4 Å². The number of alkyl carbamates (subject to hydrolysis) is 1. The molecule has 5 nitrogen and oxygen atoms in total. The summed E-state index contributed by atoms with van der Waals surface area (Å²) in [7, 11) is 1.25. The second-order valence-electron chi connectivity index (χ2n) is 4.15. The molecule has 0 fully saturated rings. The molecule has 0 saturated carbocycles. The van der Waals surface area contributed by atoms with E-state index in [-0.39, 0.29) is 11.8 Å². The third-order valence-electron chi connectivity index (χ3n) is 1.90. The smallest absolute Gasteiger partial charge is 0.407 e. The molecule has 2 N–H and O–H groups in total. The van der Waals surface area contributed by atoms with Gasteiger partial charge in [-0.05, 0) is 5.41 Å². The van der Waals surface area contributed by atoms with E-state index in [0.717, 1.165) is 0 Å². The first-order chi connectivity index (χ1) is 6.27. The standard InChI is InChI=1S/C9H17NO4/c1-9(2,3)6(5-7(11)12)10-8(13)14-4/h6H,5H2,1-4H3,(H,10,13)(H,11,12). The van der Waals surface area contributed by atoms with Gasteiger partial charge in [0, 0.05) is 6.04 Å². The number of carboxylic acid groups (broad SMARTS) is 1. The summed E-state index contributed by atoms with van der Waals surface area (Å²) in [4.78, 5) is 21.5. The zero-order valence-corrected chi connectivity index (χ0v) is 8.96. The van der Waals surface area contributed by atoms with Crippen LogP contribution in [0.2, 0.25) is 0 Å². The quantitative estimate of drug-likeness (QED) is 0.723. The molecule has 0 saturated heterocycles. The lowest BCUT2D eigenvalue weighted by molar-refractivity contribution is -0.138. The molecule has 0 spiro atoms. The first kappa shape index (κ1) is 12.7. The molecule has 0 aromatic carbocycles. The zero-order chi connectivity index (χ0) is 11.4. The third kappa shape index (κ3) is 4.69. The highest BCUT2D eigenvalue weighted by Gasteiger charge is 2.28. The van der Waals surface area contributed by atoms with Crippen LogP contribution in [-0.2, 0) is 9.53 Å². The summed E-state index contributed by atoms with van der Waals surface area (Å²) < 4.78 is 4.41. The van der Waals surface area contributed by atoms with Gasteiger partial charge in [-0.3, -0.25) is 4.79 Å². The second kappa shape index (κ2) is 4.83. The van der Waals surface area contributed by atoms with Gasteiger partial charge >= 0.3 is 12.1 Å². The van der Waals surface area contributed by atoms with E-state index >= 15 is 0 Å². The molecular formula is C9H17NO4. The Kier molecular flexibility index (Phi) is 4.40. The molecule has 0 heterocycles. The maximum Gasteiger partial charge on any atom is 0.407 e. The van der Waals surface area contributed by atoms with Crippen LogP contribution in [-0.4, -0.2) is 30.3 Å². The van der Waals surface area contributed by atoms with E-state index in [0.29, 0.717) is 0 Å². The normalized spacial score (nSPS) is 13.1. The zero-order valence-electron chi connectivity index (χ0n) is 8.96. The number of ether oxygens (including phenoxy) is 1. The van der Waals surface area contributed by atoms with Crippen molar-refractivity contribution in [3.05, 3.63) is 0 Å². The van der Waals surface area contributed by atoms with Gasteiger partial charge in [-0.15, -0.1) is 0 Å². The average molecular weight is 203 g/mol. The fourth-order valence-electron chi connectivity index (χ4n) is 0.950. The summed E-state index contributed by atoms with van der Waals surface area (Å²) >= 11 is 0. The average Bonchev–Trinajstić information content (AvgIpc) is 2.00. The van der Waals surface area contributed by atoms with Crippen molar-refractivity contribution in [1.82, 2.24) is 5.32 Å². The Bertz CT molecular complexity index is 219. The topological polar surface area (TPSA) is 75.6 Å². The van der Waals surface area contributed by atoms with Crippen molar-refractivity contribution in [3.8, 4) is 0 Å². The second-order valence-corrected chi connectivity index (χ2v) is 4.15. The van der Waals surface area contributed by atoms with Crippen molar-refractivity contribution in [1.29, 1.82) is 0 Å². The Morgan fingerprint density at radius 3 is 2.21 bits per heavy atom. The summed E-state index contributed by atoms with van der Waals surface area (Å²) in [5.74, 6) is -0.943. The van der Waals surface area contributed by atoms with Gasteiger partial charge in [0.15, 0.2) is 0 Å². The molecule has 0 aliphatic carbocycles. The molecule has 1 amide bonds. The van der Waals surface area contributed by atoms with Gasteiger partial charge in [-0.25, -0.2) is 4.79 Å². The first-order valence-corrected chi connectivity index (χ1v) is 4.33. The summed E-state index contributed by atoms with van der Waals surface area (Å²) in [5.41, 5.74) is -0.313. The number of aliphatic carboxylic acids is 1. The van der Waals surface area contributed by atoms with Crippen molar-refractivity contribution >= 4 is 12.1 Å². The maximum atomic E-state index is 10.9. The molecule has 0 rings (SSSR count). The Hall–Kier alpha value is -1.26. The molecule has 0 aliphatic rings. The molecule has 0 aromatic heterocycles. The van der Waals surface area contributed by atoms with Crippen LogP contribution in [0.5, 0.6) is 0 Å². The molecular weight excluding hydrogens is 186 g/mol. The monoisotopic (exact) mass is 203 g/mol. The van der Waals surface area contributed by atoms with Crippen molar-refractivity contribution in [2.24, 2.45) is 5.41 Å². The van der Waals surface area contributed by atoms with Gasteiger partial charge in [-0.1, -0.05) is 20.8 Å². The highest BCUT2D eigenvalue weighted by atomic mass is 16.5. The molecule has 1 atom stereocenters. The fraction of sp³-hybridized carbons (Fsp3) is 0.778. The molecule has 0 aliphatic heterocycles. The largest absolute Gasteiger partial charge is 0.481 e. The van der Waals surface area contributed by atoms with Crippen molar-refractivity contribution in [2.75, 3.05) is 7.11 Å². The summed E-state index contributed by atoms with van der Waals surface area (Å²) in [6.07, 6.45) is -0.718. The van der Waals surface area contributed by atoms with E-state index in [9.17, 15) is 9.59 Å². The van der Waals surface area contributed by atoms with Crippen LogP contribution in [0.3, 0.4) is 0 Å². The number of hydrogen-bond acceptors (Lipinski definition) is 3. The molecule has 0 bridgehead atoms. The number of nitrogens with one attached hydrogen (secondary N) is 1. The number of hydrogen-bond donors (Lipinski definition) is 2.